The highest BCUT2D eigenvalue weighted by Gasteiger charge is 2.42. The van der Waals surface area contributed by atoms with Crippen molar-refractivity contribution >= 4 is 0 Å². The van der Waals surface area contributed by atoms with Crippen LogP contribution in [0, 0.1) is 24.6 Å². The molecule has 4 atom stereocenters. The molecule has 1 saturated heterocycles. The average Bonchev–Trinajstić information content (AvgIpc) is 3.46. The van der Waals surface area contributed by atoms with Crippen LogP contribution in [0.5, 0.6) is 0 Å². The SMILES string of the molecule is CCc1nc(CN2C[C@H]3C[C@@H](n4cc(-c5cccc(F)c5)nn4)[C@H](O)C[C@H]3C2)c(C)[nH]1. The number of likely N-dealkylation sites (tertiary alicyclic amines) is 1. The minimum absolute atomic E-state index is 0.102. The average molecular weight is 425 g/mol. The van der Waals surface area contributed by atoms with Crippen LogP contribution in [0.25, 0.3) is 11.3 Å². The van der Waals surface area contributed by atoms with E-state index in [1.807, 2.05) is 12.3 Å². The number of fused-ring (bicyclic) bond motifs is 1. The lowest BCUT2D eigenvalue weighted by Gasteiger charge is -2.35. The third kappa shape index (κ3) is 4.02. The number of aliphatic hydroxyl groups excluding tert-OH is 1. The van der Waals surface area contributed by atoms with Crippen molar-refractivity contribution in [3.8, 4) is 11.3 Å². The minimum atomic E-state index is -0.456. The predicted molar refractivity (Wildman–Crippen MR) is 115 cm³/mol. The number of nitrogens with zero attached hydrogens (tertiary/aromatic N) is 5. The van der Waals surface area contributed by atoms with Crippen LogP contribution in [0.15, 0.2) is 30.5 Å². The number of imidazole rings is 1. The number of aryl methyl sites for hydroxylation is 2. The predicted octanol–water partition coefficient (Wildman–Crippen LogP) is 3.12. The molecule has 0 radical (unpaired) electrons. The van der Waals surface area contributed by atoms with Gasteiger partial charge >= 0.3 is 0 Å². The second-order valence-electron chi connectivity index (χ2n) is 9.02. The van der Waals surface area contributed by atoms with Crippen LogP contribution >= 0.6 is 0 Å². The number of halogens is 1. The Balaban J connectivity index is 1.27. The fourth-order valence-electron chi connectivity index (χ4n) is 5.23. The van der Waals surface area contributed by atoms with Crippen LogP contribution in [-0.4, -0.2) is 54.2 Å². The Hall–Kier alpha value is -2.58. The van der Waals surface area contributed by atoms with E-state index >= 15 is 0 Å². The number of hydrogen-bond donors (Lipinski definition) is 2. The van der Waals surface area contributed by atoms with Gasteiger partial charge in [0.15, 0.2) is 0 Å². The third-order valence-corrected chi connectivity index (χ3v) is 6.90. The molecule has 0 unspecified atom stereocenters. The summed E-state index contributed by atoms with van der Waals surface area (Å²) in [6, 6.07) is 6.26. The fourth-order valence-corrected chi connectivity index (χ4v) is 5.23. The van der Waals surface area contributed by atoms with E-state index in [-0.39, 0.29) is 11.9 Å². The van der Waals surface area contributed by atoms with Crippen LogP contribution in [0.1, 0.15) is 43.0 Å². The minimum Gasteiger partial charge on any atom is -0.391 e. The van der Waals surface area contributed by atoms with Gasteiger partial charge < -0.3 is 10.1 Å². The molecule has 2 fully saturated rings. The molecule has 2 N–H and O–H groups in total. The number of rotatable bonds is 5. The third-order valence-electron chi connectivity index (χ3n) is 6.90. The van der Waals surface area contributed by atoms with Crippen LogP contribution in [0.3, 0.4) is 0 Å². The van der Waals surface area contributed by atoms with Crippen LogP contribution in [0.4, 0.5) is 4.39 Å². The summed E-state index contributed by atoms with van der Waals surface area (Å²) in [7, 11) is 0. The Bertz CT molecular complexity index is 1060. The standard InChI is InChI=1S/C23H29FN6O/c1-3-23-25-14(2)19(26-23)12-29-10-16-8-21(22(31)9-17(16)11-29)30-13-20(27-28-30)15-5-4-6-18(24)7-15/h4-7,13,16-17,21-22,31H,3,8-12H2,1-2H3,(H,25,26)/t16-,17+,21-,22-/m1/s1. The molecule has 5 rings (SSSR count). The summed E-state index contributed by atoms with van der Waals surface area (Å²) in [6.45, 7) is 7.05. The zero-order valence-electron chi connectivity index (χ0n) is 18.0. The monoisotopic (exact) mass is 424 g/mol. The summed E-state index contributed by atoms with van der Waals surface area (Å²) in [5, 5.41) is 19.4. The van der Waals surface area contributed by atoms with Gasteiger partial charge in [0, 0.05) is 37.3 Å². The van der Waals surface area contributed by atoms with Gasteiger partial charge in [-0.05, 0) is 43.7 Å². The number of aromatic amines is 1. The van der Waals surface area contributed by atoms with Crippen molar-refractivity contribution in [1.29, 1.82) is 0 Å². The van der Waals surface area contributed by atoms with Gasteiger partial charge in [0.05, 0.1) is 24.0 Å². The van der Waals surface area contributed by atoms with E-state index in [0.717, 1.165) is 56.1 Å². The van der Waals surface area contributed by atoms with E-state index < -0.39 is 6.10 Å². The molecule has 1 aliphatic heterocycles. The first-order valence-corrected chi connectivity index (χ1v) is 11.1. The molecule has 2 aromatic heterocycles. The van der Waals surface area contributed by atoms with Gasteiger partial charge in [0.1, 0.15) is 17.3 Å². The van der Waals surface area contributed by atoms with Crippen LogP contribution < -0.4 is 0 Å². The molecule has 0 bridgehead atoms. The maximum absolute atomic E-state index is 13.6. The molecule has 3 heterocycles. The molecule has 8 heteroatoms. The number of aliphatic hydroxyl groups is 1. The molecular weight excluding hydrogens is 395 g/mol. The molecule has 31 heavy (non-hydrogen) atoms. The van der Waals surface area contributed by atoms with Gasteiger partial charge in [-0.1, -0.05) is 24.3 Å². The van der Waals surface area contributed by atoms with Crippen molar-refractivity contribution in [3.05, 3.63) is 53.5 Å². The van der Waals surface area contributed by atoms with E-state index in [2.05, 4.69) is 34.0 Å². The van der Waals surface area contributed by atoms with Crippen LogP contribution in [0.2, 0.25) is 0 Å². The number of aromatic nitrogens is 5. The molecule has 7 nitrogen and oxygen atoms in total. The van der Waals surface area contributed by atoms with Gasteiger partial charge in [-0.3, -0.25) is 4.90 Å². The Morgan fingerprint density at radius 3 is 2.77 bits per heavy atom. The Labute approximate surface area is 181 Å². The van der Waals surface area contributed by atoms with Gasteiger partial charge in [-0.25, -0.2) is 14.1 Å². The summed E-state index contributed by atoms with van der Waals surface area (Å²) in [5.74, 6) is 1.75. The molecule has 2 aliphatic rings. The summed E-state index contributed by atoms with van der Waals surface area (Å²) in [5.41, 5.74) is 3.60. The highest BCUT2D eigenvalue weighted by Crippen LogP contribution is 2.41. The van der Waals surface area contributed by atoms with E-state index in [1.165, 1.54) is 12.1 Å². The molecule has 3 aromatic rings. The molecule has 164 valence electrons. The number of H-pyrrole nitrogens is 1. The smallest absolute Gasteiger partial charge is 0.123 e. The second kappa shape index (κ2) is 8.16. The van der Waals surface area contributed by atoms with Crippen molar-refractivity contribution in [1.82, 2.24) is 29.9 Å². The number of benzene rings is 1. The summed E-state index contributed by atoms with van der Waals surface area (Å²) < 4.78 is 15.3. The second-order valence-corrected chi connectivity index (χ2v) is 9.02. The lowest BCUT2D eigenvalue weighted by Crippen LogP contribution is -2.36. The number of nitrogens with one attached hydrogen (secondary N) is 1. The molecule has 1 aliphatic carbocycles. The summed E-state index contributed by atoms with van der Waals surface area (Å²) >= 11 is 0. The quantitative estimate of drug-likeness (QED) is 0.658. The van der Waals surface area contributed by atoms with E-state index in [0.29, 0.717) is 23.1 Å². The molecular formula is C23H29FN6O. The first-order chi connectivity index (χ1) is 15.0. The summed E-state index contributed by atoms with van der Waals surface area (Å²) in [6.07, 6.45) is 3.92. The van der Waals surface area contributed by atoms with E-state index in [1.54, 1.807) is 10.7 Å². The lowest BCUT2D eigenvalue weighted by atomic mass is 9.77. The summed E-state index contributed by atoms with van der Waals surface area (Å²) in [4.78, 5) is 10.6. The van der Waals surface area contributed by atoms with Crippen molar-refractivity contribution < 1.29 is 9.50 Å². The normalized spacial score (nSPS) is 26.3. The van der Waals surface area contributed by atoms with Crippen molar-refractivity contribution in [2.24, 2.45) is 11.8 Å². The van der Waals surface area contributed by atoms with E-state index in [4.69, 9.17) is 4.98 Å². The topological polar surface area (TPSA) is 82.9 Å². The van der Waals surface area contributed by atoms with Crippen molar-refractivity contribution in [3.63, 3.8) is 0 Å². The Morgan fingerprint density at radius 2 is 2.03 bits per heavy atom. The number of hydrogen-bond acceptors (Lipinski definition) is 5. The van der Waals surface area contributed by atoms with Gasteiger partial charge in [-0.15, -0.1) is 5.10 Å². The highest BCUT2D eigenvalue weighted by molar-refractivity contribution is 5.57. The first-order valence-electron chi connectivity index (χ1n) is 11.1. The Kier molecular flexibility index (Phi) is 5.35. The Morgan fingerprint density at radius 1 is 1.23 bits per heavy atom. The maximum Gasteiger partial charge on any atom is 0.123 e. The van der Waals surface area contributed by atoms with Gasteiger partial charge in [-0.2, -0.15) is 0 Å². The molecule has 1 aromatic carbocycles. The largest absolute Gasteiger partial charge is 0.391 e. The van der Waals surface area contributed by atoms with Gasteiger partial charge in [0.2, 0.25) is 0 Å². The van der Waals surface area contributed by atoms with Crippen molar-refractivity contribution in [2.75, 3.05) is 13.1 Å². The fraction of sp³-hybridized carbons (Fsp3) is 0.522. The molecule has 0 spiro atoms. The van der Waals surface area contributed by atoms with Gasteiger partial charge in [0.25, 0.3) is 0 Å². The zero-order chi connectivity index (χ0) is 21.5. The molecule has 1 saturated carbocycles. The lowest BCUT2D eigenvalue weighted by molar-refractivity contribution is 0.0298. The first kappa shape index (κ1) is 20.3. The molecule has 0 amide bonds. The highest BCUT2D eigenvalue weighted by atomic mass is 19.1. The maximum atomic E-state index is 13.6. The van der Waals surface area contributed by atoms with Crippen LogP contribution in [-0.2, 0) is 13.0 Å². The zero-order valence-corrected chi connectivity index (χ0v) is 18.0. The van der Waals surface area contributed by atoms with E-state index in [9.17, 15) is 9.50 Å². The van der Waals surface area contributed by atoms with Crippen molar-refractivity contribution in [2.45, 2.75) is 51.8 Å².